The number of esters is 3. The standard InChI is InChI=1S/C19H33N2O11P/c1-10(2)20-33(26,21-11(3)4)32-16(25)9-27-8-15-17(28-12(5)22)18(29-13(6)23)19(31-15)30-14(7)24/h10-11,15,17-19H,8-9H2,1-7H3,(H2,20,21,26)/i9D2. The van der Waals surface area contributed by atoms with Crippen molar-refractivity contribution in [2.24, 2.45) is 0 Å². The molecule has 0 radical (unpaired) electrons. The molecule has 1 rings (SSSR count). The summed E-state index contributed by atoms with van der Waals surface area (Å²) in [5.41, 5.74) is 0. The zero-order chi connectivity index (χ0) is 27.1. The van der Waals surface area contributed by atoms with Gasteiger partial charge in [0.05, 0.1) is 9.35 Å². The first-order valence-corrected chi connectivity index (χ1v) is 11.8. The number of hydrogen-bond acceptors (Lipinski definition) is 11. The van der Waals surface area contributed by atoms with Crippen molar-refractivity contribution in [1.29, 1.82) is 0 Å². The van der Waals surface area contributed by atoms with Crippen molar-refractivity contribution in [3.8, 4) is 0 Å². The molecular weight excluding hydrogens is 463 g/mol. The molecule has 190 valence electrons. The topological polar surface area (TPSA) is 165 Å². The highest BCUT2D eigenvalue weighted by molar-refractivity contribution is 7.55. The molecule has 2 N–H and O–H groups in total. The Morgan fingerprint density at radius 1 is 0.909 bits per heavy atom. The molecular formula is C19H33N2O11P. The lowest BCUT2D eigenvalue weighted by atomic mass is 10.1. The number of ether oxygens (including phenoxy) is 5. The van der Waals surface area contributed by atoms with Gasteiger partial charge >= 0.3 is 31.5 Å². The maximum absolute atomic E-state index is 12.9. The molecule has 1 aliphatic rings. The third-order valence-electron chi connectivity index (χ3n) is 3.62. The molecule has 0 aliphatic carbocycles. The lowest BCUT2D eigenvalue weighted by molar-refractivity contribution is -0.197. The van der Waals surface area contributed by atoms with E-state index in [4.69, 9.17) is 30.9 Å². The van der Waals surface area contributed by atoms with E-state index in [9.17, 15) is 23.7 Å². The molecule has 0 bridgehead atoms. The Morgan fingerprint density at radius 2 is 1.39 bits per heavy atom. The highest BCUT2D eigenvalue weighted by atomic mass is 31.2. The van der Waals surface area contributed by atoms with Gasteiger partial charge in [0.2, 0.25) is 12.4 Å². The molecule has 4 atom stereocenters. The van der Waals surface area contributed by atoms with Crippen molar-refractivity contribution in [2.75, 3.05) is 13.2 Å². The second-order valence-corrected chi connectivity index (χ2v) is 9.51. The molecule has 0 aromatic heterocycles. The molecule has 13 nitrogen and oxygen atoms in total. The first-order chi connectivity index (χ1) is 16.0. The Hall–Kier alpha value is -2.05. The number of carbonyl (C=O) groups excluding carboxylic acids is 4. The van der Waals surface area contributed by atoms with E-state index in [1.165, 1.54) is 0 Å². The van der Waals surface area contributed by atoms with Crippen molar-refractivity contribution < 1.29 is 54.7 Å². The zero-order valence-corrected chi connectivity index (χ0v) is 20.5. The van der Waals surface area contributed by atoms with Crippen LogP contribution in [0.25, 0.3) is 0 Å². The Morgan fingerprint density at radius 3 is 1.85 bits per heavy atom. The lowest BCUT2D eigenvalue weighted by Gasteiger charge is -2.24. The van der Waals surface area contributed by atoms with Gasteiger partial charge in [0, 0.05) is 32.9 Å². The van der Waals surface area contributed by atoms with Crippen LogP contribution < -0.4 is 10.2 Å². The van der Waals surface area contributed by atoms with E-state index in [-0.39, 0.29) is 12.1 Å². The summed E-state index contributed by atoms with van der Waals surface area (Å²) >= 11 is 0. The molecule has 0 saturated carbocycles. The van der Waals surface area contributed by atoms with Crippen LogP contribution in [-0.4, -0.2) is 73.7 Å². The average Bonchev–Trinajstić information content (AvgIpc) is 2.93. The minimum absolute atomic E-state index is 0.375. The van der Waals surface area contributed by atoms with Gasteiger partial charge in [-0.3, -0.25) is 14.4 Å². The van der Waals surface area contributed by atoms with Gasteiger partial charge in [0.25, 0.3) is 0 Å². The second-order valence-electron chi connectivity index (χ2n) is 7.71. The molecule has 4 unspecified atom stereocenters. The van der Waals surface area contributed by atoms with Crippen molar-refractivity contribution >= 4 is 31.5 Å². The maximum Gasteiger partial charge on any atom is 0.393 e. The van der Waals surface area contributed by atoms with Crippen LogP contribution in [0.4, 0.5) is 0 Å². The van der Waals surface area contributed by atoms with Crippen molar-refractivity contribution in [2.45, 2.75) is 85.2 Å². The summed E-state index contributed by atoms with van der Waals surface area (Å²) in [6.45, 7) is 5.98. The van der Waals surface area contributed by atoms with Crippen LogP contribution in [0.2, 0.25) is 0 Å². The predicted molar refractivity (Wildman–Crippen MR) is 113 cm³/mol. The van der Waals surface area contributed by atoms with Crippen LogP contribution in [-0.2, 0) is 52.0 Å². The minimum atomic E-state index is -4.00. The molecule has 0 amide bonds. The Bertz CT molecular complexity index is 826. The van der Waals surface area contributed by atoms with Gasteiger partial charge in [-0.25, -0.2) is 19.5 Å². The quantitative estimate of drug-likeness (QED) is 0.221. The van der Waals surface area contributed by atoms with Gasteiger partial charge < -0.3 is 28.2 Å². The van der Waals surface area contributed by atoms with Crippen molar-refractivity contribution in [1.82, 2.24) is 10.2 Å². The second kappa shape index (κ2) is 13.0. The molecule has 1 aliphatic heterocycles. The Kier molecular flexibility index (Phi) is 10.1. The number of nitrogens with one attached hydrogen (secondary N) is 2. The monoisotopic (exact) mass is 498 g/mol. The largest absolute Gasteiger partial charge is 0.455 e. The third-order valence-corrected chi connectivity index (χ3v) is 5.76. The molecule has 0 aromatic rings. The Balaban J connectivity index is 3.03. The summed E-state index contributed by atoms with van der Waals surface area (Å²) < 4.78 is 59.4. The summed E-state index contributed by atoms with van der Waals surface area (Å²) in [4.78, 5) is 47.0. The van der Waals surface area contributed by atoms with Crippen molar-refractivity contribution in [3.63, 3.8) is 0 Å². The minimum Gasteiger partial charge on any atom is -0.455 e. The van der Waals surface area contributed by atoms with E-state index in [0.29, 0.717) is 0 Å². The fraction of sp³-hybridized carbons (Fsp3) is 0.789. The van der Waals surface area contributed by atoms with E-state index in [1.807, 2.05) is 0 Å². The van der Waals surface area contributed by atoms with E-state index >= 15 is 0 Å². The van der Waals surface area contributed by atoms with Crippen LogP contribution in [0.1, 0.15) is 51.2 Å². The molecule has 14 heteroatoms. The van der Waals surface area contributed by atoms with Gasteiger partial charge in [-0.15, -0.1) is 0 Å². The van der Waals surface area contributed by atoms with Gasteiger partial charge in [0.15, 0.2) is 6.10 Å². The molecule has 1 fully saturated rings. The summed E-state index contributed by atoms with van der Waals surface area (Å²) in [5.74, 6) is -3.98. The van der Waals surface area contributed by atoms with E-state index in [2.05, 4.69) is 10.2 Å². The molecule has 33 heavy (non-hydrogen) atoms. The van der Waals surface area contributed by atoms with Crippen LogP contribution in [0.3, 0.4) is 0 Å². The van der Waals surface area contributed by atoms with Crippen LogP contribution in [0, 0.1) is 0 Å². The average molecular weight is 498 g/mol. The highest BCUT2D eigenvalue weighted by Gasteiger charge is 2.51. The van der Waals surface area contributed by atoms with Crippen LogP contribution in [0.15, 0.2) is 0 Å². The number of rotatable bonds is 12. The normalized spacial score (nSPS) is 24.2. The summed E-state index contributed by atoms with van der Waals surface area (Å²) in [6.07, 6.45) is -5.54. The summed E-state index contributed by atoms with van der Waals surface area (Å²) in [5, 5.41) is 5.13. The smallest absolute Gasteiger partial charge is 0.393 e. The summed E-state index contributed by atoms with van der Waals surface area (Å²) in [6, 6.07) is -0.751. The van der Waals surface area contributed by atoms with Crippen LogP contribution in [0.5, 0.6) is 0 Å². The van der Waals surface area contributed by atoms with E-state index in [1.54, 1.807) is 27.7 Å². The number of hydrogen-bond donors (Lipinski definition) is 2. The molecule has 0 spiro atoms. The summed E-state index contributed by atoms with van der Waals surface area (Å²) in [7, 11) is -4.00. The van der Waals surface area contributed by atoms with E-state index < -0.39 is 69.3 Å². The van der Waals surface area contributed by atoms with Gasteiger partial charge in [-0.1, -0.05) is 0 Å². The Labute approximate surface area is 195 Å². The fourth-order valence-electron chi connectivity index (χ4n) is 2.82. The first kappa shape index (κ1) is 25.6. The lowest BCUT2D eigenvalue weighted by Crippen LogP contribution is -2.42. The third kappa shape index (κ3) is 10.6. The SMILES string of the molecule is [2H]C([2H])(OCC1OC(OC(C)=O)C(OC(C)=O)C1OC(C)=O)C(=O)OP(=O)(NC(C)C)NC(C)C. The fourth-order valence-corrected chi connectivity index (χ4v) is 4.63. The van der Waals surface area contributed by atoms with Crippen LogP contribution >= 0.6 is 7.67 Å². The van der Waals surface area contributed by atoms with E-state index in [0.717, 1.165) is 20.8 Å². The molecule has 1 heterocycles. The first-order valence-electron chi connectivity index (χ1n) is 11.2. The highest BCUT2D eigenvalue weighted by Crippen LogP contribution is 2.39. The molecule has 0 aromatic carbocycles. The van der Waals surface area contributed by atoms with Gasteiger partial charge in [-0.05, 0) is 27.7 Å². The zero-order valence-electron chi connectivity index (χ0n) is 21.6. The van der Waals surface area contributed by atoms with Crippen molar-refractivity contribution in [3.05, 3.63) is 0 Å². The molecule has 1 saturated heterocycles. The predicted octanol–water partition coefficient (Wildman–Crippen LogP) is 0.802. The number of carbonyl (C=O) groups is 4. The maximum atomic E-state index is 12.9. The van der Waals surface area contributed by atoms with Gasteiger partial charge in [0.1, 0.15) is 12.7 Å². The van der Waals surface area contributed by atoms with Gasteiger partial charge in [-0.2, -0.15) is 0 Å².